The Morgan fingerprint density at radius 3 is 3.00 bits per heavy atom. The van der Waals surface area contributed by atoms with Crippen molar-refractivity contribution in [2.45, 2.75) is 36.3 Å². The van der Waals surface area contributed by atoms with E-state index in [1.54, 1.807) is 18.9 Å². The van der Waals surface area contributed by atoms with Crippen LogP contribution < -0.4 is 10.1 Å². The second-order valence-electron chi connectivity index (χ2n) is 5.10. The summed E-state index contributed by atoms with van der Waals surface area (Å²) >= 11 is 1.66. The van der Waals surface area contributed by atoms with Crippen LogP contribution in [0.25, 0.3) is 0 Å². The van der Waals surface area contributed by atoms with E-state index >= 15 is 0 Å². The summed E-state index contributed by atoms with van der Waals surface area (Å²) < 4.78 is 7.39. The molecule has 0 bridgehead atoms. The molecule has 0 spiro atoms. The normalized spacial score (nSPS) is 14.4. The first-order valence-electron chi connectivity index (χ1n) is 7.03. The fourth-order valence-corrected chi connectivity index (χ4v) is 3.15. The van der Waals surface area contributed by atoms with Crippen LogP contribution in [-0.4, -0.2) is 34.4 Å². The number of ether oxygens (including phenoxy) is 1. The van der Waals surface area contributed by atoms with Gasteiger partial charge in [-0.25, -0.2) is 4.68 Å². The molecule has 1 saturated carbocycles. The van der Waals surface area contributed by atoms with Gasteiger partial charge >= 0.3 is 0 Å². The monoisotopic (exact) mass is 305 g/mol. The maximum Gasteiger partial charge on any atom is 0.209 e. The zero-order valence-electron chi connectivity index (χ0n) is 12.2. The molecule has 1 aliphatic rings. The smallest absolute Gasteiger partial charge is 0.209 e. The summed E-state index contributed by atoms with van der Waals surface area (Å²) in [7, 11) is 3.65. The summed E-state index contributed by atoms with van der Waals surface area (Å²) in [5.74, 6) is 1.71. The van der Waals surface area contributed by atoms with Crippen LogP contribution in [0.5, 0.6) is 5.75 Å². The molecule has 0 amide bonds. The summed E-state index contributed by atoms with van der Waals surface area (Å²) in [6.45, 7) is 0.849. The predicted molar refractivity (Wildman–Crippen MR) is 81.4 cm³/mol. The number of rotatable bonds is 7. The topological polar surface area (TPSA) is 64.9 Å². The number of benzene rings is 1. The Hall–Kier alpha value is -1.60. The van der Waals surface area contributed by atoms with Gasteiger partial charge in [-0.3, -0.25) is 0 Å². The highest BCUT2D eigenvalue weighted by Gasteiger charge is 2.27. The number of aromatic nitrogens is 4. The van der Waals surface area contributed by atoms with Crippen LogP contribution in [0.15, 0.2) is 23.4 Å². The summed E-state index contributed by atoms with van der Waals surface area (Å²) in [5.41, 5.74) is 2.41. The van der Waals surface area contributed by atoms with Crippen molar-refractivity contribution in [2.75, 3.05) is 14.2 Å². The Balaban J connectivity index is 1.73. The van der Waals surface area contributed by atoms with E-state index in [9.17, 15) is 0 Å². The van der Waals surface area contributed by atoms with Crippen molar-refractivity contribution in [1.82, 2.24) is 25.5 Å². The van der Waals surface area contributed by atoms with Crippen LogP contribution in [0.3, 0.4) is 0 Å². The Labute approximate surface area is 128 Å². The van der Waals surface area contributed by atoms with Gasteiger partial charge < -0.3 is 10.1 Å². The average Bonchev–Trinajstić information content (AvgIpc) is 3.24. The molecule has 1 heterocycles. The lowest BCUT2D eigenvalue weighted by atomic mass is 10.1. The van der Waals surface area contributed by atoms with Gasteiger partial charge in [-0.2, -0.15) is 0 Å². The highest BCUT2D eigenvalue weighted by atomic mass is 32.2. The lowest BCUT2D eigenvalue weighted by Gasteiger charge is -2.10. The van der Waals surface area contributed by atoms with Crippen LogP contribution in [0.2, 0.25) is 0 Å². The van der Waals surface area contributed by atoms with Crippen molar-refractivity contribution in [2.24, 2.45) is 0 Å². The zero-order chi connectivity index (χ0) is 14.7. The summed E-state index contributed by atoms with van der Waals surface area (Å²) in [5, 5.41) is 16.0. The number of nitrogens with zero attached hydrogens (tertiary/aromatic N) is 4. The molecule has 0 unspecified atom stereocenters. The van der Waals surface area contributed by atoms with Gasteiger partial charge in [0.2, 0.25) is 5.16 Å². The standard InChI is InChI=1S/C14H19N5OS/c1-15-8-10-3-6-13(20-2)11(7-10)9-21-14-16-17-18-19(14)12-4-5-12/h3,6-7,12,15H,4-5,8-9H2,1-2H3. The lowest BCUT2D eigenvalue weighted by Crippen LogP contribution is -2.05. The molecule has 0 atom stereocenters. The third-order valence-corrected chi connectivity index (χ3v) is 4.42. The molecule has 1 aromatic carbocycles. The molecule has 7 heteroatoms. The first-order chi connectivity index (χ1) is 10.3. The maximum atomic E-state index is 5.45. The van der Waals surface area contributed by atoms with Crippen LogP contribution in [-0.2, 0) is 12.3 Å². The van der Waals surface area contributed by atoms with Crippen LogP contribution in [0.4, 0.5) is 0 Å². The molecule has 6 nitrogen and oxygen atoms in total. The van der Waals surface area contributed by atoms with Crippen molar-refractivity contribution in [3.63, 3.8) is 0 Å². The number of hydrogen-bond acceptors (Lipinski definition) is 6. The van der Waals surface area contributed by atoms with E-state index in [0.29, 0.717) is 6.04 Å². The van der Waals surface area contributed by atoms with Crippen molar-refractivity contribution in [3.05, 3.63) is 29.3 Å². The molecule has 21 heavy (non-hydrogen) atoms. The number of tetrazole rings is 1. The summed E-state index contributed by atoms with van der Waals surface area (Å²) in [6, 6.07) is 6.78. The van der Waals surface area contributed by atoms with Crippen LogP contribution in [0.1, 0.15) is 30.0 Å². The maximum absolute atomic E-state index is 5.45. The molecule has 0 radical (unpaired) electrons. The van der Waals surface area contributed by atoms with Gasteiger partial charge in [-0.1, -0.05) is 17.8 Å². The Morgan fingerprint density at radius 1 is 1.43 bits per heavy atom. The van der Waals surface area contributed by atoms with Crippen molar-refractivity contribution < 1.29 is 4.74 Å². The fourth-order valence-electron chi connectivity index (χ4n) is 2.23. The van der Waals surface area contributed by atoms with Gasteiger partial charge in [0.25, 0.3) is 0 Å². The molecule has 1 aromatic heterocycles. The minimum absolute atomic E-state index is 0.500. The fraction of sp³-hybridized carbons (Fsp3) is 0.500. The quantitative estimate of drug-likeness (QED) is 0.790. The Kier molecular flexibility index (Phi) is 4.40. The number of methoxy groups -OCH3 is 1. The molecular formula is C14H19N5OS. The average molecular weight is 305 g/mol. The molecule has 0 saturated heterocycles. The third kappa shape index (κ3) is 3.36. The van der Waals surface area contributed by atoms with E-state index in [1.807, 2.05) is 17.8 Å². The number of thioether (sulfide) groups is 1. The summed E-state index contributed by atoms with van der Waals surface area (Å²) in [6.07, 6.45) is 2.36. The predicted octanol–water partition coefficient (Wildman–Crippen LogP) is 2.03. The van der Waals surface area contributed by atoms with Gasteiger partial charge in [-0.05, 0) is 48.0 Å². The minimum Gasteiger partial charge on any atom is -0.496 e. The molecule has 1 N–H and O–H groups in total. The SMILES string of the molecule is CNCc1ccc(OC)c(CSc2nnnn2C2CC2)c1. The first-order valence-corrected chi connectivity index (χ1v) is 8.01. The summed E-state index contributed by atoms with van der Waals surface area (Å²) in [4.78, 5) is 0. The molecule has 1 aliphatic carbocycles. The number of nitrogens with one attached hydrogen (secondary N) is 1. The highest BCUT2D eigenvalue weighted by molar-refractivity contribution is 7.98. The lowest BCUT2D eigenvalue weighted by molar-refractivity contribution is 0.411. The molecule has 2 aromatic rings. The van der Waals surface area contributed by atoms with Gasteiger partial charge in [0.05, 0.1) is 13.2 Å². The number of hydrogen-bond donors (Lipinski definition) is 1. The second-order valence-corrected chi connectivity index (χ2v) is 6.04. The molecule has 3 rings (SSSR count). The third-order valence-electron chi connectivity index (χ3n) is 3.44. The van der Waals surface area contributed by atoms with Crippen molar-refractivity contribution >= 4 is 11.8 Å². The Morgan fingerprint density at radius 2 is 2.29 bits per heavy atom. The van der Waals surface area contributed by atoms with E-state index in [2.05, 4.69) is 33.0 Å². The minimum atomic E-state index is 0.500. The molecule has 0 aliphatic heterocycles. The molecule has 112 valence electrons. The van der Waals surface area contributed by atoms with E-state index in [-0.39, 0.29) is 0 Å². The highest BCUT2D eigenvalue weighted by Crippen LogP contribution is 2.37. The van der Waals surface area contributed by atoms with Gasteiger partial charge in [0.15, 0.2) is 0 Å². The van der Waals surface area contributed by atoms with E-state index in [0.717, 1.165) is 23.2 Å². The van der Waals surface area contributed by atoms with Crippen molar-refractivity contribution in [1.29, 1.82) is 0 Å². The van der Waals surface area contributed by atoms with Gasteiger partial charge in [-0.15, -0.1) is 5.10 Å². The van der Waals surface area contributed by atoms with Crippen LogP contribution in [0, 0.1) is 0 Å². The Bertz CT molecular complexity index is 611. The second kappa shape index (κ2) is 6.44. The van der Waals surface area contributed by atoms with Gasteiger partial charge in [0.1, 0.15) is 5.75 Å². The molecular weight excluding hydrogens is 286 g/mol. The largest absolute Gasteiger partial charge is 0.496 e. The zero-order valence-corrected chi connectivity index (χ0v) is 13.1. The molecule has 1 fully saturated rings. The van der Waals surface area contributed by atoms with Crippen molar-refractivity contribution in [3.8, 4) is 5.75 Å². The van der Waals surface area contributed by atoms with Crippen LogP contribution >= 0.6 is 11.8 Å². The first kappa shape index (κ1) is 14.3. The van der Waals surface area contributed by atoms with Gasteiger partial charge in [0, 0.05) is 17.9 Å². The van der Waals surface area contributed by atoms with E-state index in [1.165, 1.54) is 24.0 Å². The van der Waals surface area contributed by atoms with E-state index in [4.69, 9.17) is 4.74 Å². The van der Waals surface area contributed by atoms with E-state index < -0.39 is 0 Å².